The number of ketones is 1. The van der Waals surface area contributed by atoms with E-state index in [2.05, 4.69) is 0 Å². The molecule has 0 aliphatic heterocycles. The smallest absolute Gasteiger partial charge is 0.189 e. The second-order valence-electron chi connectivity index (χ2n) is 5.76. The first-order chi connectivity index (χ1) is 13.0. The molecule has 0 heterocycles. The Bertz CT molecular complexity index is 858. The Morgan fingerprint density at radius 3 is 2.19 bits per heavy atom. The van der Waals surface area contributed by atoms with Crippen LogP contribution in [0.1, 0.15) is 29.3 Å². The van der Waals surface area contributed by atoms with E-state index in [9.17, 15) is 4.79 Å². The molecule has 0 radical (unpaired) electrons. The third-order valence-electron chi connectivity index (χ3n) is 4.21. The summed E-state index contributed by atoms with van der Waals surface area (Å²) < 4.78 is 21.3. The molecule has 27 heavy (non-hydrogen) atoms. The van der Waals surface area contributed by atoms with Crippen LogP contribution in [0.4, 0.5) is 5.69 Å². The Labute approximate surface area is 159 Å². The molecule has 2 rings (SSSR count). The molecule has 2 aromatic carbocycles. The van der Waals surface area contributed by atoms with Gasteiger partial charge in [-0.3, -0.25) is 4.79 Å². The number of nitrogens with two attached hydrogens (primary N) is 1. The molecule has 0 aliphatic rings. The van der Waals surface area contributed by atoms with Crippen LogP contribution in [0, 0.1) is 0 Å². The predicted octanol–water partition coefficient (Wildman–Crippen LogP) is 3.98. The maximum absolute atomic E-state index is 13.0. The average Bonchev–Trinajstić information content (AvgIpc) is 2.70. The van der Waals surface area contributed by atoms with Gasteiger partial charge >= 0.3 is 0 Å². The van der Waals surface area contributed by atoms with Crippen LogP contribution in [0.15, 0.2) is 35.9 Å². The van der Waals surface area contributed by atoms with E-state index in [0.717, 1.165) is 0 Å². The molecule has 0 bridgehead atoms. The highest BCUT2D eigenvalue weighted by molar-refractivity contribution is 6.12. The van der Waals surface area contributed by atoms with Gasteiger partial charge in [-0.05, 0) is 36.8 Å². The molecule has 0 spiro atoms. The number of nitrogen functional groups attached to an aromatic ring is 1. The van der Waals surface area contributed by atoms with Gasteiger partial charge in [0.05, 0.1) is 34.1 Å². The molecule has 0 amide bonds. The topological polar surface area (TPSA) is 80.0 Å². The number of methoxy groups -OCH3 is 4. The molecular formula is C21H25NO5. The standard InChI is InChI=1S/C21H25NO5/c1-6-13(20(23)14-7-8-18(25-3)17(22)11-14)9-15-10-16(24-2)12-19(26-4)21(15)27-5/h7-12H,6,22H2,1-5H3. The molecular weight excluding hydrogens is 346 g/mol. The van der Waals surface area contributed by atoms with Gasteiger partial charge in [-0.25, -0.2) is 0 Å². The summed E-state index contributed by atoms with van der Waals surface area (Å²) in [4.78, 5) is 13.0. The number of carbonyl (C=O) groups excluding carboxylic acids is 1. The van der Waals surface area contributed by atoms with Crippen molar-refractivity contribution in [2.24, 2.45) is 0 Å². The summed E-state index contributed by atoms with van der Waals surface area (Å²) in [5.41, 5.74) is 8.15. The van der Waals surface area contributed by atoms with E-state index in [-0.39, 0.29) is 5.78 Å². The summed E-state index contributed by atoms with van der Waals surface area (Å²) in [6.45, 7) is 1.92. The van der Waals surface area contributed by atoms with E-state index < -0.39 is 0 Å². The molecule has 2 N–H and O–H groups in total. The monoisotopic (exact) mass is 371 g/mol. The highest BCUT2D eigenvalue weighted by Crippen LogP contribution is 2.37. The number of rotatable bonds is 8. The zero-order valence-corrected chi connectivity index (χ0v) is 16.3. The highest BCUT2D eigenvalue weighted by atomic mass is 16.5. The quantitative estimate of drug-likeness (QED) is 0.429. The van der Waals surface area contributed by atoms with Gasteiger partial charge in [-0.1, -0.05) is 6.92 Å². The lowest BCUT2D eigenvalue weighted by Crippen LogP contribution is -2.05. The van der Waals surface area contributed by atoms with Gasteiger partial charge in [0.25, 0.3) is 0 Å². The first-order valence-corrected chi connectivity index (χ1v) is 8.47. The number of benzene rings is 2. The minimum atomic E-state index is -0.115. The number of ether oxygens (including phenoxy) is 4. The van der Waals surface area contributed by atoms with Gasteiger partial charge in [0.15, 0.2) is 17.3 Å². The Kier molecular flexibility index (Phi) is 6.71. The summed E-state index contributed by atoms with van der Waals surface area (Å²) in [5.74, 6) is 2.09. The third kappa shape index (κ3) is 4.34. The highest BCUT2D eigenvalue weighted by Gasteiger charge is 2.16. The number of anilines is 1. The number of hydrogen-bond donors (Lipinski definition) is 1. The summed E-state index contributed by atoms with van der Waals surface area (Å²) in [6, 6.07) is 8.53. The minimum Gasteiger partial charge on any atom is -0.497 e. The zero-order valence-electron chi connectivity index (χ0n) is 16.3. The first kappa shape index (κ1) is 20.2. The minimum absolute atomic E-state index is 0.115. The van der Waals surface area contributed by atoms with Gasteiger partial charge in [0.1, 0.15) is 11.5 Å². The fourth-order valence-corrected chi connectivity index (χ4v) is 2.77. The van der Waals surface area contributed by atoms with Crippen LogP contribution in [-0.2, 0) is 0 Å². The summed E-state index contributed by atoms with van der Waals surface area (Å²) in [5, 5.41) is 0. The van der Waals surface area contributed by atoms with E-state index in [1.807, 2.05) is 6.92 Å². The van der Waals surface area contributed by atoms with Crippen molar-refractivity contribution in [3.8, 4) is 23.0 Å². The fourth-order valence-electron chi connectivity index (χ4n) is 2.77. The number of carbonyl (C=O) groups is 1. The molecule has 144 valence electrons. The van der Waals surface area contributed by atoms with Crippen LogP contribution in [0.25, 0.3) is 6.08 Å². The van der Waals surface area contributed by atoms with Crippen molar-refractivity contribution in [2.75, 3.05) is 34.2 Å². The van der Waals surface area contributed by atoms with Gasteiger partial charge in [0, 0.05) is 22.8 Å². The molecule has 2 aromatic rings. The van der Waals surface area contributed by atoms with Gasteiger partial charge in [0.2, 0.25) is 0 Å². The summed E-state index contributed by atoms with van der Waals surface area (Å²) in [7, 11) is 6.21. The van der Waals surface area contributed by atoms with Crippen LogP contribution in [0.3, 0.4) is 0 Å². The maximum atomic E-state index is 13.0. The molecule has 0 saturated carbocycles. The lowest BCUT2D eigenvalue weighted by molar-refractivity contribution is 0.103. The van der Waals surface area contributed by atoms with Crippen molar-refractivity contribution in [1.29, 1.82) is 0 Å². The molecule has 6 heteroatoms. The van der Waals surface area contributed by atoms with E-state index in [1.54, 1.807) is 57.7 Å². The predicted molar refractivity (Wildman–Crippen MR) is 106 cm³/mol. The Morgan fingerprint density at radius 2 is 1.67 bits per heavy atom. The fraction of sp³-hybridized carbons (Fsp3) is 0.286. The van der Waals surface area contributed by atoms with E-state index in [1.165, 1.54) is 7.11 Å². The normalized spacial score (nSPS) is 11.1. The zero-order chi connectivity index (χ0) is 20.0. The molecule has 6 nitrogen and oxygen atoms in total. The van der Waals surface area contributed by atoms with Crippen molar-refractivity contribution in [1.82, 2.24) is 0 Å². The van der Waals surface area contributed by atoms with E-state index in [4.69, 9.17) is 24.7 Å². The van der Waals surface area contributed by atoms with Crippen molar-refractivity contribution >= 4 is 17.5 Å². The molecule has 0 saturated heterocycles. The van der Waals surface area contributed by atoms with Gasteiger partial charge in [-0.2, -0.15) is 0 Å². The Hall–Kier alpha value is -3.15. The molecule has 0 atom stereocenters. The largest absolute Gasteiger partial charge is 0.497 e. The Morgan fingerprint density at radius 1 is 0.963 bits per heavy atom. The summed E-state index contributed by atoms with van der Waals surface area (Å²) >= 11 is 0. The van der Waals surface area contributed by atoms with Crippen LogP contribution < -0.4 is 24.7 Å². The maximum Gasteiger partial charge on any atom is 0.189 e. The van der Waals surface area contributed by atoms with E-state index >= 15 is 0 Å². The molecule has 0 aromatic heterocycles. The number of Topliss-reactive ketones (excluding diaryl/α,β-unsaturated/α-hetero) is 1. The molecule has 0 fully saturated rings. The number of allylic oxidation sites excluding steroid dienone is 1. The van der Waals surface area contributed by atoms with Crippen molar-refractivity contribution in [3.05, 3.63) is 47.0 Å². The van der Waals surface area contributed by atoms with E-state index in [0.29, 0.717) is 51.8 Å². The number of hydrogen-bond acceptors (Lipinski definition) is 6. The first-order valence-electron chi connectivity index (χ1n) is 8.47. The van der Waals surface area contributed by atoms with Crippen molar-refractivity contribution in [3.63, 3.8) is 0 Å². The van der Waals surface area contributed by atoms with Crippen LogP contribution in [0.5, 0.6) is 23.0 Å². The average molecular weight is 371 g/mol. The third-order valence-corrected chi connectivity index (χ3v) is 4.21. The Balaban J connectivity index is 2.52. The molecule has 0 aliphatic carbocycles. The van der Waals surface area contributed by atoms with Crippen molar-refractivity contribution < 1.29 is 23.7 Å². The molecule has 0 unspecified atom stereocenters. The SMILES string of the molecule is CCC(=Cc1cc(OC)cc(OC)c1OC)C(=O)c1ccc(OC)c(N)c1. The lowest BCUT2D eigenvalue weighted by atomic mass is 9.98. The van der Waals surface area contributed by atoms with Crippen LogP contribution >= 0.6 is 0 Å². The second-order valence-corrected chi connectivity index (χ2v) is 5.76. The second kappa shape index (κ2) is 8.98. The summed E-state index contributed by atoms with van der Waals surface area (Å²) in [6.07, 6.45) is 2.32. The van der Waals surface area contributed by atoms with Crippen LogP contribution in [0.2, 0.25) is 0 Å². The van der Waals surface area contributed by atoms with Crippen molar-refractivity contribution in [2.45, 2.75) is 13.3 Å². The lowest BCUT2D eigenvalue weighted by Gasteiger charge is -2.14. The van der Waals surface area contributed by atoms with Gasteiger partial charge in [-0.15, -0.1) is 0 Å². The van der Waals surface area contributed by atoms with Gasteiger partial charge < -0.3 is 24.7 Å². The van der Waals surface area contributed by atoms with Crippen LogP contribution in [-0.4, -0.2) is 34.2 Å².